The van der Waals surface area contributed by atoms with Gasteiger partial charge in [0, 0.05) is 12.3 Å². The number of benzene rings is 1. The van der Waals surface area contributed by atoms with Gasteiger partial charge in [0.05, 0.1) is 17.6 Å². The van der Waals surface area contributed by atoms with Gasteiger partial charge in [0.2, 0.25) is 5.91 Å². The van der Waals surface area contributed by atoms with Crippen LogP contribution in [0.1, 0.15) is 31.0 Å². The van der Waals surface area contributed by atoms with Crippen LogP contribution in [-0.4, -0.2) is 23.0 Å². The maximum atomic E-state index is 12.1. The number of hydrogen-bond acceptors (Lipinski definition) is 2. The maximum absolute atomic E-state index is 12.1. The van der Waals surface area contributed by atoms with Crippen LogP contribution >= 0.6 is 11.6 Å². The standard InChI is InChI=1S/C14H18ClNO2/c1-14(2,8-15)13(18)16-12-10-6-4-3-5-9(10)7-11(12)17/h3-6,11-12,17H,7-8H2,1-2H3,(H,16,18)/t11-,12+/m1/s1. The number of fused-ring (bicyclic) bond motifs is 1. The predicted molar refractivity (Wildman–Crippen MR) is 71.5 cm³/mol. The summed E-state index contributed by atoms with van der Waals surface area (Å²) < 4.78 is 0. The molecule has 98 valence electrons. The van der Waals surface area contributed by atoms with Crippen LogP contribution in [0.15, 0.2) is 24.3 Å². The number of nitrogens with one attached hydrogen (secondary N) is 1. The first-order valence-electron chi connectivity index (χ1n) is 6.08. The number of hydrogen-bond donors (Lipinski definition) is 2. The van der Waals surface area contributed by atoms with Crippen molar-refractivity contribution in [2.45, 2.75) is 32.4 Å². The molecule has 0 unspecified atom stereocenters. The van der Waals surface area contributed by atoms with Gasteiger partial charge >= 0.3 is 0 Å². The molecule has 1 aromatic carbocycles. The number of rotatable bonds is 3. The fourth-order valence-corrected chi connectivity index (χ4v) is 2.27. The zero-order valence-electron chi connectivity index (χ0n) is 10.6. The van der Waals surface area contributed by atoms with Gasteiger partial charge in [0.1, 0.15) is 0 Å². The topological polar surface area (TPSA) is 49.3 Å². The highest BCUT2D eigenvalue weighted by Crippen LogP contribution is 2.32. The molecule has 0 radical (unpaired) electrons. The van der Waals surface area contributed by atoms with E-state index in [1.807, 2.05) is 24.3 Å². The third-order valence-corrected chi connectivity index (χ3v) is 4.11. The summed E-state index contributed by atoms with van der Waals surface area (Å²) in [5.41, 5.74) is 1.47. The van der Waals surface area contributed by atoms with E-state index in [9.17, 15) is 9.90 Å². The zero-order chi connectivity index (χ0) is 13.3. The molecule has 0 aromatic heterocycles. The monoisotopic (exact) mass is 267 g/mol. The quantitative estimate of drug-likeness (QED) is 0.824. The Balaban J connectivity index is 2.18. The molecule has 2 atom stereocenters. The summed E-state index contributed by atoms with van der Waals surface area (Å²) in [7, 11) is 0. The van der Waals surface area contributed by atoms with Gasteiger partial charge < -0.3 is 10.4 Å². The number of carbonyl (C=O) groups excluding carboxylic acids is 1. The number of aliphatic hydroxyl groups excluding tert-OH is 1. The number of amides is 1. The lowest BCUT2D eigenvalue weighted by Crippen LogP contribution is -2.42. The van der Waals surface area contributed by atoms with Gasteiger partial charge in [0.25, 0.3) is 0 Å². The smallest absolute Gasteiger partial charge is 0.227 e. The molecule has 0 aliphatic heterocycles. The van der Waals surface area contributed by atoms with Crippen LogP contribution in [0.5, 0.6) is 0 Å². The first-order chi connectivity index (χ1) is 8.45. The van der Waals surface area contributed by atoms with Crippen molar-refractivity contribution in [2.24, 2.45) is 5.41 Å². The minimum atomic E-state index is -0.626. The Morgan fingerprint density at radius 1 is 1.50 bits per heavy atom. The Morgan fingerprint density at radius 3 is 2.83 bits per heavy atom. The molecule has 2 N–H and O–H groups in total. The van der Waals surface area contributed by atoms with E-state index in [1.165, 1.54) is 0 Å². The van der Waals surface area contributed by atoms with Crippen molar-refractivity contribution in [3.05, 3.63) is 35.4 Å². The molecule has 4 heteroatoms. The molecule has 18 heavy (non-hydrogen) atoms. The van der Waals surface area contributed by atoms with Gasteiger partial charge in [0.15, 0.2) is 0 Å². The molecule has 1 aliphatic carbocycles. The zero-order valence-corrected chi connectivity index (χ0v) is 11.4. The van der Waals surface area contributed by atoms with E-state index in [0.29, 0.717) is 6.42 Å². The average Bonchev–Trinajstić information content (AvgIpc) is 2.66. The molecule has 1 amide bonds. The molecule has 0 saturated carbocycles. The normalized spacial score (nSPS) is 22.7. The molecule has 1 aliphatic rings. The molecule has 0 bridgehead atoms. The minimum absolute atomic E-state index is 0.127. The molecule has 1 aromatic rings. The van der Waals surface area contributed by atoms with E-state index in [2.05, 4.69) is 5.32 Å². The van der Waals surface area contributed by atoms with Crippen LogP contribution in [-0.2, 0) is 11.2 Å². The highest BCUT2D eigenvalue weighted by molar-refractivity contribution is 6.19. The highest BCUT2D eigenvalue weighted by Gasteiger charge is 2.35. The Bertz CT molecular complexity index is 459. The molecule has 0 fully saturated rings. The molecular weight excluding hydrogens is 250 g/mol. The average molecular weight is 268 g/mol. The van der Waals surface area contributed by atoms with Crippen LogP contribution in [0.25, 0.3) is 0 Å². The second kappa shape index (κ2) is 4.90. The van der Waals surface area contributed by atoms with Crippen LogP contribution in [0.4, 0.5) is 0 Å². The third-order valence-electron chi connectivity index (χ3n) is 3.44. The summed E-state index contributed by atoms with van der Waals surface area (Å²) in [4.78, 5) is 12.1. The van der Waals surface area contributed by atoms with Gasteiger partial charge in [-0.1, -0.05) is 24.3 Å². The van der Waals surface area contributed by atoms with E-state index in [0.717, 1.165) is 11.1 Å². The second-order valence-corrected chi connectivity index (χ2v) is 5.71. The Labute approximate surface area is 112 Å². The van der Waals surface area contributed by atoms with E-state index >= 15 is 0 Å². The van der Waals surface area contributed by atoms with Gasteiger partial charge in [-0.2, -0.15) is 0 Å². The van der Waals surface area contributed by atoms with Crippen LogP contribution < -0.4 is 5.32 Å². The lowest BCUT2D eigenvalue weighted by Gasteiger charge is -2.25. The summed E-state index contributed by atoms with van der Waals surface area (Å²) in [5, 5.41) is 13.0. The van der Waals surface area contributed by atoms with Gasteiger partial charge in [-0.3, -0.25) is 4.79 Å². The van der Waals surface area contributed by atoms with Gasteiger partial charge in [-0.15, -0.1) is 11.6 Å². The predicted octanol–water partition coefficient (Wildman–Crippen LogP) is 2.03. The summed E-state index contributed by atoms with van der Waals surface area (Å²) in [5.74, 6) is 0.127. The summed E-state index contributed by atoms with van der Waals surface area (Å²) in [6.45, 7) is 3.59. The maximum Gasteiger partial charge on any atom is 0.227 e. The largest absolute Gasteiger partial charge is 0.390 e. The van der Waals surface area contributed by atoms with Crippen LogP contribution in [0.2, 0.25) is 0 Å². The Kier molecular flexibility index (Phi) is 3.64. The van der Waals surface area contributed by atoms with Crippen molar-refractivity contribution < 1.29 is 9.90 Å². The van der Waals surface area contributed by atoms with Crippen molar-refractivity contribution >= 4 is 17.5 Å². The Hall–Kier alpha value is -1.06. The van der Waals surface area contributed by atoms with E-state index in [1.54, 1.807) is 13.8 Å². The van der Waals surface area contributed by atoms with Crippen LogP contribution in [0.3, 0.4) is 0 Å². The second-order valence-electron chi connectivity index (χ2n) is 5.44. The summed E-state index contributed by atoms with van der Waals surface area (Å²) >= 11 is 5.79. The van der Waals surface area contributed by atoms with E-state index in [4.69, 9.17) is 11.6 Å². The molecule has 2 rings (SSSR count). The van der Waals surface area contributed by atoms with E-state index in [-0.39, 0.29) is 17.8 Å². The van der Waals surface area contributed by atoms with Crippen molar-refractivity contribution in [3.63, 3.8) is 0 Å². The fourth-order valence-electron chi connectivity index (χ4n) is 2.15. The van der Waals surface area contributed by atoms with Crippen molar-refractivity contribution in [1.29, 1.82) is 0 Å². The van der Waals surface area contributed by atoms with Crippen molar-refractivity contribution in [3.8, 4) is 0 Å². The number of halogens is 1. The lowest BCUT2D eigenvalue weighted by atomic mass is 9.94. The van der Waals surface area contributed by atoms with Crippen LogP contribution in [0, 0.1) is 5.41 Å². The van der Waals surface area contributed by atoms with E-state index < -0.39 is 11.5 Å². The SMILES string of the molecule is CC(C)(CCl)C(=O)N[C@H]1c2ccccc2C[C@H]1O. The highest BCUT2D eigenvalue weighted by atomic mass is 35.5. The number of alkyl halides is 1. The summed E-state index contributed by atoms with van der Waals surface area (Å²) in [6.07, 6.45) is 0.0278. The van der Waals surface area contributed by atoms with Crippen molar-refractivity contribution in [1.82, 2.24) is 5.32 Å². The fraction of sp³-hybridized carbons (Fsp3) is 0.500. The summed E-state index contributed by atoms with van der Waals surface area (Å²) in [6, 6.07) is 7.47. The van der Waals surface area contributed by atoms with Gasteiger partial charge in [-0.25, -0.2) is 0 Å². The lowest BCUT2D eigenvalue weighted by molar-refractivity contribution is -0.129. The van der Waals surface area contributed by atoms with Crippen molar-refractivity contribution in [2.75, 3.05) is 5.88 Å². The molecule has 0 spiro atoms. The number of carbonyl (C=O) groups is 1. The first kappa shape index (κ1) is 13.4. The Morgan fingerprint density at radius 2 is 2.17 bits per heavy atom. The molecule has 0 heterocycles. The molecule has 0 saturated heterocycles. The number of aliphatic hydroxyl groups is 1. The third kappa shape index (κ3) is 2.38. The molecule has 3 nitrogen and oxygen atoms in total. The minimum Gasteiger partial charge on any atom is -0.390 e. The molecular formula is C14H18ClNO2. The first-order valence-corrected chi connectivity index (χ1v) is 6.62. The van der Waals surface area contributed by atoms with Gasteiger partial charge in [-0.05, 0) is 25.0 Å².